The van der Waals surface area contributed by atoms with E-state index in [-0.39, 0.29) is 28.1 Å². The van der Waals surface area contributed by atoms with Gasteiger partial charge in [0, 0.05) is 12.6 Å². The van der Waals surface area contributed by atoms with Crippen LogP contribution in [0.4, 0.5) is 0 Å². The number of benzene rings is 1. The van der Waals surface area contributed by atoms with Crippen LogP contribution in [0, 0.1) is 11.3 Å². The molecule has 2 rings (SSSR count). The summed E-state index contributed by atoms with van der Waals surface area (Å²) in [6.07, 6.45) is 1.38. The SMILES string of the molecule is N#Cc1ccc(S(=O)(=O)N2CCC[C@@H]2CO)cc1Cl. The highest BCUT2D eigenvalue weighted by atomic mass is 35.5. The third kappa shape index (κ3) is 2.60. The number of nitriles is 1. The molecule has 0 bridgehead atoms. The molecular weight excluding hydrogens is 288 g/mol. The topological polar surface area (TPSA) is 81.4 Å². The van der Waals surface area contributed by atoms with Crippen molar-refractivity contribution in [3.63, 3.8) is 0 Å². The molecule has 1 aromatic rings. The first kappa shape index (κ1) is 14.3. The average molecular weight is 301 g/mol. The van der Waals surface area contributed by atoms with Gasteiger partial charge in [-0.1, -0.05) is 11.6 Å². The number of aliphatic hydroxyl groups excluding tert-OH is 1. The number of rotatable bonds is 3. The minimum Gasteiger partial charge on any atom is -0.395 e. The second kappa shape index (κ2) is 5.47. The fraction of sp³-hybridized carbons (Fsp3) is 0.417. The fourth-order valence-corrected chi connectivity index (χ4v) is 4.19. The molecule has 1 saturated heterocycles. The molecule has 0 spiro atoms. The molecule has 0 aliphatic carbocycles. The van der Waals surface area contributed by atoms with Gasteiger partial charge < -0.3 is 5.11 Å². The van der Waals surface area contributed by atoms with Crippen LogP contribution in [0.15, 0.2) is 23.1 Å². The number of sulfonamides is 1. The van der Waals surface area contributed by atoms with Gasteiger partial charge in [-0.3, -0.25) is 0 Å². The lowest BCUT2D eigenvalue weighted by Gasteiger charge is -2.22. The number of halogens is 1. The summed E-state index contributed by atoms with van der Waals surface area (Å²) < 4.78 is 26.2. The quantitative estimate of drug-likeness (QED) is 0.914. The molecule has 1 aromatic carbocycles. The minimum absolute atomic E-state index is 0.0526. The van der Waals surface area contributed by atoms with Crippen molar-refractivity contribution >= 4 is 21.6 Å². The Bertz CT molecular complexity index is 624. The second-order valence-corrected chi connectivity index (χ2v) is 6.65. The monoisotopic (exact) mass is 300 g/mol. The van der Waals surface area contributed by atoms with Crippen LogP contribution < -0.4 is 0 Å². The molecule has 1 aliphatic rings. The van der Waals surface area contributed by atoms with Gasteiger partial charge >= 0.3 is 0 Å². The van der Waals surface area contributed by atoms with Crippen molar-refractivity contribution in [2.45, 2.75) is 23.8 Å². The van der Waals surface area contributed by atoms with E-state index >= 15 is 0 Å². The predicted octanol–water partition coefficient (Wildman–Crippen LogP) is 1.36. The first-order valence-corrected chi connectivity index (χ1v) is 7.65. The third-order valence-corrected chi connectivity index (χ3v) is 5.46. The molecule has 1 heterocycles. The number of hydrogen-bond donors (Lipinski definition) is 1. The van der Waals surface area contributed by atoms with Gasteiger partial charge in [-0.25, -0.2) is 8.42 Å². The maximum absolute atomic E-state index is 12.4. The van der Waals surface area contributed by atoms with E-state index in [9.17, 15) is 13.5 Å². The molecule has 1 aliphatic heterocycles. The summed E-state index contributed by atoms with van der Waals surface area (Å²) in [5, 5.41) is 18.1. The van der Waals surface area contributed by atoms with Crippen LogP contribution in [0.5, 0.6) is 0 Å². The van der Waals surface area contributed by atoms with Crippen LogP contribution in [0.3, 0.4) is 0 Å². The zero-order valence-corrected chi connectivity index (χ0v) is 11.7. The molecule has 0 aromatic heterocycles. The molecule has 0 unspecified atom stereocenters. The van der Waals surface area contributed by atoms with Crippen LogP contribution in [-0.2, 0) is 10.0 Å². The summed E-state index contributed by atoms with van der Waals surface area (Å²) in [5.74, 6) is 0. The number of aliphatic hydroxyl groups is 1. The molecule has 5 nitrogen and oxygen atoms in total. The third-order valence-electron chi connectivity index (χ3n) is 3.20. The van der Waals surface area contributed by atoms with E-state index in [1.165, 1.54) is 22.5 Å². The van der Waals surface area contributed by atoms with Crippen molar-refractivity contribution in [2.75, 3.05) is 13.2 Å². The van der Waals surface area contributed by atoms with Gasteiger partial charge in [-0.15, -0.1) is 0 Å². The molecule has 7 heteroatoms. The van der Waals surface area contributed by atoms with Gasteiger partial charge in [0.2, 0.25) is 10.0 Å². The molecule has 102 valence electrons. The smallest absolute Gasteiger partial charge is 0.243 e. The van der Waals surface area contributed by atoms with Gasteiger partial charge in [0.1, 0.15) is 6.07 Å². The van der Waals surface area contributed by atoms with Crippen molar-refractivity contribution in [1.29, 1.82) is 5.26 Å². The number of nitrogens with zero attached hydrogens (tertiary/aromatic N) is 2. The Morgan fingerprint density at radius 2 is 2.26 bits per heavy atom. The van der Waals surface area contributed by atoms with Crippen molar-refractivity contribution < 1.29 is 13.5 Å². The van der Waals surface area contributed by atoms with E-state index in [1.54, 1.807) is 0 Å². The van der Waals surface area contributed by atoms with Gasteiger partial charge in [0.25, 0.3) is 0 Å². The summed E-state index contributed by atoms with van der Waals surface area (Å²) in [5.41, 5.74) is 0.237. The minimum atomic E-state index is -3.67. The molecule has 1 atom stereocenters. The Kier molecular flexibility index (Phi) is 4.11. The zero-order valence-electron chi connectivity index (χ0n) is 10.1. The van der Waals surface area contributed by atoms with E-state index in [2.05, 4.69) is 0 Å². The van der Waals surface area contributed by atoms with Gasteiger partial charge in [-0.05, 0) is 31.0 Å². The first-order valence-electron chi connectivity index (χ1n) is 5.83. The molecule has 0 amide bonds. The molecule has 0 saturated carbocycles. The largest absolute Gasteiger partial charge is 0.395 e. The lowest BCUT2D eigenvalue weighted by atomic mass is 10.2. The average Bonchev–Trinajstić information content (AvgIpc) is 2.87. The first-order chi connectivity index (χ1) is 9.00. The van der Waals surface area contributed by atoms with Crippen LogP contribution in [0.25, 0.3) is 0 Å². The zero-order chi connectivity index (χ0) is 14.0. The molecule has 19 heavy (non-hydrogen) atoms. The van der Waals surface area contributed by atoms with Gasteiger partial charge in [0.15, 0.2) is 0 Å². The lowest BCUT2D eigenvalue weighted by Crippen LogP contribution is -2.37. The van der Waals surface area contributed by atoms with E-state index < -0.39 is 10.0 Å². The molecule has 1 fully saturated rings. The summed E-state index contributed by atoms with van der Waals surface area (Å²) in [6.45, 7) is 0.203. The summed E-state index contributed by atoms with van der Waals surface area (Å²) in [7, 11) is -3.67. The Morgan fingerprint density at radius 1 is 1.53 bits per heavy atom. The normalized spacial score (nSPS) is 20.4. The Hall–Kier alpha value is -1.13. The predicted molar refractivity (Wildman–Crippen MR) is 70.2 cm³/mol. The highest BCUT2D eigenvalue weighted by Crippen LogP contribution is 2.28. The maximum atomic E-state index is 12.4. The van der Waals surface area contributed by atoms with E-state index in [4.69, 9.17) is 16.9 Å². The molecular formula is C12H13ClN2O3S. The van der Waals surface area contributed by atoms with Crippen LogP contribution in [0.2, 0.25) is 5.02 Å². The standard InChI is InChI=1S/C12H13ClN2O3S/c13-12-6-11(4-3-9(12)7-14)19(17,18)15-5-1-2-10(15)8-16/h3-4,6,10,16H,1-2,5,8H2/t10-/m1/s1. The van der Waals surface area contributed by atoms with Crippen molar-refractivity contribution in [2.24, 2.45) is 0 Å². The number of hydrogen-bond acceptors (Lipinski definition) is 4. The van der Waals surface area contributed by atoms with Crippen LogP contribution in [-0.4, -0.2) is 37.0 Å². The Labute approximate surface area is 117 Å². The van der Waals surface area contributed by atoms with Gasteiger partial charge in [-0.2, -0.15) is 9.57 Å². The van der Waals surface area contributed by atoms with E-state index in [1.807, 2.05) is 6.07 Å². The molecule has 0 radical (unpaired) electrons. The summed E-state index contributed by atoms with van der Waals surface area (Å²) in [6, 6.07) is 5.54. The van der Waals surface area contributed by atoms with Crippen molar-refractivity contribution in [1.82, 2.24) is 4.31 Å². The Balaban J connectivity index is 2.40. The van der Waals surface area contributed by atoms with Gasteiger partial charge in [0.05, 0.1) is 22.1 Å². The summed E-state index contributed by atoms with van der Waals surface area (Å²) >= 11 is 5.86. The fourth-order valence-electron chi connectivity index (χ4n) is 2.19. The maximum Gasteiger partial charge on any atom is 0.243 e. The van der Waals surface area contributed by atoms with Crippen molar-refractivity contribution in [3.8, 4) is 6.07 Å². The van der Waals surface area contributed by atoms with Crippen LogP contribution in [0.1, 0.15) is 18.4 Å². The lowest BCUT2D eigenvalue weighted by molar-refractivity contribution is 0.213. The summed E-state index contributed by atoms with van der Waals surface area (Å²) in [4.78, 5) is 0.0526. The second-order valence-electron chi connectivity index (χ2n) is 4.35. The molecule has 1 N–H and O–H groups in total. The van der Waals surface area contributed by atoms with E-state index in [0.29, 0.717) is 13.0 Å². The highest BCUT2D eigenvalue weighted by molar-refractivity contribution is 7.89. The highest BCUT2D eigenvalue weighted by Gasteiger charge is 2.34. The van der Waals surface area contributed by atoms with Crippen molar-refractivity contribution in [3.05, 3.63) is 28.8 Å². The van der Waals surface area contributed by atoms with E-state index in [0.717, 1.165) is 6.42 Å². The Morgan fingerprint density at radius 3 is 2.84 bits per heavy atom. The van der Waals surface area contributed by atoms with Crippen LogP contribution >= 0.6 is 11.6 Å².